The molecule has 0 amide bonds. The Morgan fingerprint density at radius 2 is 2.21 bits per heavy atom. The molecule has 84 valence electrons. The van der Waals surface area contributed by atoms with Gasteiger partial charge in [0.05, 0.1) is 5.75 Å². The van der Waals surface area contributed by atoms with E-state index in [1.54, 1.807) is 11.4 Å². The first kappa shape index (κ1) is 11.9. The third-order valence-electron chi connectivity index (χ3n) is 2.69. The molecule has 0 radical (unpaired) electrons. The van der Waals surface area contributed by atoms with E-state index in [1.165, 1.54) is 0 Å². The lowest BCUT2D eigenvalue weighted by molar-refractivity contribution is 0.300. The summed E-state index contributed by atoms with van der Waals surface area (Å²) in [4.78, 5) is 0. The van der Waals surface area contributed by atoms with Gasteiger partial charge in [-0.3, -0.25) is 0 Å². The molecule has 1 aliphatic rings. The number of piperidine rings is 1. The molecule has 1 N–H and O–H groups in total. The van der Waals surface area contributed by atoms with Crippen LogP contribution in [0.1, 0.15) is 26.2 Å². The van der Waals surface area contributed by atoms with Crippen LogP contribution >= 0.6 is 0 Å². The van der Waals surface area contributed by atoms with Crippen LogP contribution in [-0.4, -0.2) is 44.7 Å². The molecule has 0 aromatic rings. The standard InChI is InChI=1S/C9H20N2O2S/c1-3-7-14(12,13)11(2)9-5-4-6-10-8-9/h9-10H,3-8H2,1-2H3. The molecule has 1 fully saturated rings. The molecule has 1 rings (SSSR count). The normalized spacial score (nSPS) is 24.1. The van der Waals surface area contributed by atoms with Crippen molar-refractivity contribution < 1.29 is 8.42 Å². The van der Waals surface area contributed by atoms with E-state index in [0.717, 1.165) is 25.9 Å². The Balaban J connectivity index is 2.58. The second-order valence-electron chi connectivity index (χ2n) is 3.83. The van der Waals surface area contributed by atoms with E-state index in [0.29, 0.717) is 6.42 Å². The highest BCUT2D eigenvalue weighted by Crippen LogP contribution is 2.13. The molecule has 14 heavy (non-hydrogen) atoms. The minimum Gasteiger partial charge on any atom is -0.315 e. The highest BCUT2D eigenvalue weighted by molar-refractivity contribution is 7.89. The van der Waals surface area contributed by atoms with Gasteiger partial charge in [-0.15, -0.1) is 0 Å². The molecule has 1 atom stereocenters. The highest BCUT2D eigenvalue weighted by atomic mass is 32.2. The average molecular weight is 220 g/mol. The minimum absolute atomic E-state index is 0.153. The monoisotopic (exact) mass is 220 g/mol. The average Bonchev–Trinajstić information content (AvgIpc) is 2.18. The first-order valence-corrected chi connectivity index (χ1v) is 6.85. The Labute approximate surface area is 86.7 Å². The van der Waals surface area contributed by atoms with Crippen LogP contribution in [0, 0.1) is 0 Å². The van der Waals surface area contributed by atoms with E-state index in [9.17, 15) is 8.42 Å². The van der Waals surface area contributed by atoms with Gasteiger partial charge in [0.15, 0.2) is 0 Å². The van der Waals surface area contributed by atoms with Gasteiger partial charge >= 0.3 is 0 Å². The molecule has 1 aliphatic heterocycles. The third-order valence-corrected chi connectivity index (χ3v) is 4.79. The smallest absolute Gasteiger partial charge is 0.214 e. The predicted molar refractivity (Wildman–Crippen MR) is 57.7 cm³/mol. The van der Waals surface area contributed by atoms with Gasteiger partial charge in [-0.1, -0.05) is 6.92 Å². The lowest BCUT2D eigenvalue weighted by atomic mass is 10.1. The van der Waals surface area contributed by atoms with Crippen LogP contribution in [0.3, 0.4) is 0 Å². The van der Waals surface area contributed by atoms with E-state index in [-0.39, 0.29) is 11.8 Å². The molecule has 4 nitrogen and oxygen atoms in total. The van der Waals surface area contributed by atoms with E-state index in [1.807, 2.05) is 6.92 Å². The summed E-state index contributed by atoms with van der Waals surface area (Å²) in [5, 5.41) is 3.22. The predicted octanol–water partition coefficient (Wildman–Crippen LogP) is 0.410. The van der Waals surface area contributed by atoms with Gasteiger partial charge in [0.2, 0.25) is 10.0 Å². The summed E-state index contributed by atoms with van der Waals surface area (Å²) in [6.45, 7) is 3.70. The van der Waals surface area contributed by atoms with E-state index >= 15 is 0 Å². The second kappa shape index (κ2) is 5.09. The van der Waals surface area contributed by atoms with Crippen LogP contribution in [0.25, 0.3) is 0 Å². The number of likely N-dealkylation sites (N-methyl/N-ethyl adjacent to an activating group) is 1. The molecule has 0 aromatic heterocycles. The number of hydrogen-bond donors (Lipinski definition) is 1. The van der Waals surface area contributed by atoms with Gasteiger partial charge in [-0.2, -0.15) is 0 Å². The Hall–Kier alpha value is -0.130. The fraction of sp³-hybridized carbons (Fsp3) is 1.00. The number of nitrogens with one attached hydrogen (secondary N) is 1. The van der Waals surface area contributed by atoms with Gasteiger partial charge in [-0.25, -0.2) is 12.7 Å². The van der Waals surface area contributed by atoms with Crippen molar-refractivity contribution in [2.45, 2.75) is 32.2 Å². The van der Waals surface area contributed by atoms with Crippen LogP contribution in [0.4, 0.5) is 0 Å². The maximum atomic E-state index is 11.7. The van der Waals surface area contributed by atoms with Crippen LogP contribution in [0.15, 0.2) is 0 Å². The summed E-state index contributed by atoms with van der Waals surface area (Å²) in [6, 6.07) is 0.153. The molecular formula is C9H20N2O2S. The fourth-order valence-corrected chi connectivity index (χ4v) is 3.21. The van der Waals surface area contributed by atoms with E-state index in [4.69, 9.17) is 0 Å². The first-order chi connectivity index (χ1) is 6.58. The molecule has 0 saturated carbocycles. The maximum absolute atomic E-state index is 11.7. The summed E-state index contributed by atoms with van der Waals surface area (Å²) in [5.74, 6) is 0.264. The van der Waals surface area contributed by atoms with Crippen molar-refractivity contribution in [3.63, 3.8) is 0 Å². The zero-order chi connectivity index (χ0) is 10.6. The van der Waals surface area contributed by atoms with Crippen LogP contribution in [0.5, 0.6) is 0 Å². The fourth-order valence-electron chi connectivity index (χ4n) is 1.77. The van der Waals surface area contributed by atoms with Crippen molar-refractivity contribution >= 4 is 10.0 Å². The summed E-state index contributed by atoms with van der Waals surface area (Å²) >= 11 is 0. The molecule has 1 saturated heterocycles. The van der Waals surface area contributed by atoms with E-state index in [2.05, 4.69) is 5.32 Å². The maximum Gasteiger partial charge on any atom is 0.214 e. The van der Waals surface area contributed by atoms with Crippen LogP contribution in [-0.2, 0) is 10.0 Å². The lowest BCUT2D eigenvalue weighted by Gasteiger charge is -2.30. The lowest BCUT2D eigenvalue weighted by Crippen LogP contribution is -2.47. The second-order valence-corrected chi connectivity index (χ2v) is 5.98. The SMILES string of the molecule is CCCS(=O)(=O)N(C)C1CCCNC1. The zero-order valence-electron chi connectivity index (χ0n) is 8.99. The third kappa shape index (κ3) is 2.93. The Bertz CT molecular complexity index is 258. The number of hydrogen-bond acceptors (Lipinski definition) is 3. The molecule has 0 aromatic carbocycles. The number of rotatable bonds is 4. The number of nitrogens with zero attached hydrogens (tertiary/aromatic N) is 1. The summed E-state index contributed by atoms with van der Waals surface area (Å²) < 4.78 is 25.0. The van der Waals surface area contributed by atoms with Crippen LogP contribution in [0.2, 0.25) is 0 Å². The van der Waals surface area contributed by atoms with Crippen molar-refractivity contribution in [1.82, 2.24) is 9.62 Å². The topological polar surface area (TPSA) is 49.4 Å². The van der Waals surface area contributed by atoms with Gasteiger partial charge < -0.3 is 5.32 Å². The van der Waals surface area contributed by atoms with E-state index < -0.39 is 10.0 Å². The van der Waals surface area contributed by atoms with Crippen molar-refractivity contribution in [3.8, 4) is 0 Å². The summed E-state index contributed by atoms with van der Waals surface area (Å²) in [5.41, 5.74) is 0. The first-order valence-electron chi connectivity index (χ1n) is 5.24. The Morgan fingerprint density at radius 1 is 1.50 bits per heavy atom. The molecule has 0 aliphatic carbocycles. The number of sulfonamides is 1. The van der Waals surface area contributed by atoms with Gasteiger partial charge in [0.25, 0.3) is 0 Å². The van der Waals surface area contributed by atoms with Gasteiger partial charge in [0, 0.05) is 19.6 Å². The Kier molecular flexibility index (Phi) is 4.34. The molecular weight excluding hydrogens is 200 g/mol. The summed E-state index contributed by atoms with van der Waals surface area (Å²) in [6.07, 6.45) is 2.73. The molecule has 5 heteroatoms. The van der Waals surface area contributed by atoms with Crippen molar-refractivity contribution in [2.75, 3.05) is 25.9 Å². The quantitative estimate of drug-likeness (QED) is 0.746. The van der Waals surface area contributed by atoms with Crippen molar-refractivity contribution in [3.05, 3.63) is 0 Å². The zero-order valence-corrected chi connectivity index (χ0v) is 9.81. The van der Waals surface area contributed by atoms with Crippen LogP contribution < -0.4 is 5.32 Å². The molecule has 0 spiro atoms. The minimum atomic E-state index is -3.02. The molecule has 0 bridgehead atoms. The van der Waals surface area contributed by atoms with Gasteiger partial charge in [-0.05, 0) is 25.8 Å². The summed E-state index contributed by atoms with van der Waals surface area (Å²) in [7, 11) is -1.32. The van der Waals surface area contributed by atoms with Crippen molar-refractivity contribution in [1.29, 1.82) is 0 Å². The van der Waals surface area contributed by atoms with Gasteiger partial charge in [0.1, 0.15) is 0 Å². The molecule has 1 heterocycles. The largest absolute Gasteiger partial charge is 0.315 e. The Morgan fingerprint density at radius 3 is 2.71 bits per heavy atom. The highest BCUT2D eigenvalue weighted by Gasteiger charge is 2.26. The molecule has 1 unspecified atom stereocenters. The van der Waals surface area contributed by atoms with Crippen molar-refractivity contribution in [2.24, 2.45) is 0 Å².